The second-order valence-corrected chi connectivity index (χ2v) is 1.79. The van der Waals surface area contributed by atoms with Crippen LogP contribution in [0.3, 0.4) is 0 Å². The highest BCUT2D eigenvalue weighted by molar-refractivity contribution is 5.73. The topological polar surface area (TPSA) is 94.8 Å². The predicted octanol–water partition coefficient (Wildman–Crippen LogP) is -1.45. The van der Waals surface area contributed by atoms with E-state index in [-0.39, 0.29) is 0 Å². The Hall–Kier alpha value is -1.20. The third-order valence-corrected chi connectivity index (χ3v) is 0.963. The van der Waals surface area contributed by atoms with Crippen molar-refractivity contribution in [2.24, 2.45) is 0 Å². The van der Waals surface area contributed by atoms with Crippen molar-refractivity contribution in [3.8, 4) is 0 Å². The van der Waals surface area contributed by atoms with Gasteiger partial charge in [0, 0.05) is 0 Å². The lowest BCUT2D eigenvalue weighted by Crippen LogP contribution is -2.32. The van der Waals surface area contributed by atoms with Gasteiger partial charge in [0.25, 0.3) is 0 Å². The Labute approximate surface area is 62.6 Å². The fraction of sp³-hybridized carbons (Fsp3) is 0.333. The number of carbonyl (C=O) groups excluding carboxylic acids is 1. The van der Waals surface area contributed by atoms with Crippen molar-refractivity contribution in [2.45, 2.75) is 12.2 Å². The first-order valence-corrected chi connectivity index (χ1v) is 2.80. The Balaban J connectivity index is 4.01. The number of carboxylic acids is 1. The Morgan fingerprint density at radius 1 is 1.36 bits per heavy atom. The van der Waals surface area contributed by atoms with E-state index in [9.17, 15) is 9.59 Å². The van der Waals surface area contributed by atoms with Gasteiger partial charge in [-0.2, -0.15) is 0 Å². The molecule has 11 heavy (non-hydrogen) atoms. The number of rotatable bonds is 4. The summed E-state index contributed by atoms with van der Waals surface area (Å²) in [4.78, 5) is 19.6. The molecule has 0 heterocycles. The van der Waals surface area contributed by atoms with Crippen LogP contribution in [0.2, 0.25) is 0 Å². The van der Waals surface area contributed by atoms with E-state index in [1.807, 2.05) is 0 Å². The highest BCUT2D eigenvalue weighted by atomic mass is 16.4. The number of aliphatic carboxylic acids is 1. The molecule has 0 saturated heterocycles. The summed E-state index contributed by atoms with van der Waals surface area (Å²) in [5, 5.41) is 25.5. The molecule has 0 bridgehead atoms. The number of hydrogen-bond donors (Lipinski definition) is 3. The zero-order valence-corrected chi connectivity index (χ0v) is 5.54. The molecule has 0 aliphatic rings. The van der Waals surface area contributed by atoms with E-state index in [0.29, 0.717) is 6.29 Å². The Morgan fingerprint density at radius 2 is 1.91 bits per heavy atom. The highest BCUT2D eigenvalue weighted by Crippen LogP contribution is 1.94. The van der Waals surface area contributed by atoms with Crippen molar-refractivity contribution < 1.29 is 24.9 Å². The van der Waals surface area contributed by atoms with Gasteiger partial charge < -0.3 is 15.3 Å². The maximum absolute atomic E-state index is 9.97. The fourth-order valence-electron chi connectivity index (χ4n) is 0.411. The minimum atomic E-state index is -1.88. The van der Waals surface area contributed by atoms with Gasteiger partial charge in [-0.3, -0.25) is 4.79 Å². The van der Waals surface area contributed by atoms with E-state index >= 15 is 0 Å². The molecule has 0 spiro atoms. The monoisotopic (exact) mass is 160 g/mol. The fourth-order valence-corrected chi connectivity index (χ4v) is 0.411. The normalized spacial score (nSPS) is 16.2. The Morgan fingerprint density at radius 3 is 2.27 bits per heavy atom. The van der Waals surface area contributed by atoms with Crippen molar-refractivity contribution in [1.29, 1.82) is 0 Å². The number of aldehydes is 1. The molecule has 0 fully saturated rings. The third-order valence-electron chi connectivity index (χ3n) is 0.963. The molecule has 5 heteroatoms. The SMILES string of the molecule is O=CC=CC(O)C(O)C(=O)O. The van der Waals surface area contributed by atoms with Crippen LogP contribution in [0, 0.1) is 0 Å². The average molecular weight is 160 g/mol. The molecule has 0 rings (SSSR count). The minimum Gasteiger partial charge on any atom is -0.479 e. The van der Waals surface area contributed by atoms with Crippen molar-refractivity contribution in [1.82, 2.24) is 0 Å². The first kappa shape index (κ1) is 9.80. The van der Waals surface area contributed by atoms with Crippen molar-refractivity contribution in [3.63, 3.8) is 0 Å². The van der Waals surface area contributed by atoms with Crippen LogP contribution in [0.25, 0.3) is 0 Å². The first-order valence-electron chi connectivity index (χ1n) is 2.80. The van der Waals surface area contributed by atoms with Gasteiger partial charge in [-0.1, -0.05) is 0 Å². The minimum absolute atomic E-state index is 0.373. The van der Waals surface area contributed by atoms with E-state index in [1.54, 1.807) is 0 Å². The van der Waals surface area contributed by atoms with E-state index < -0.39 is 18.2 Å². The van der Waals surface area contributed by atoms with Crippen molar-refractivity contribution in [3.05, 3.63) is 12.2 Å². The van der Waals surface area contributed by atoms with Crippen LogP contribution in [0.1, 0.15) is 0 Å². The molecule has 3 N–H and O–H groups in total. The van der Waals surface area contributed by atoms with Crippen LogP contribution in [-0.4, -0.2) is 39.8 Å². The van der Waals surface area contributed by atoms with Gasteiger partial charge in [0.2, 0.25) is 0 Å². The van der Waals surface area contributed by atoms with E-state index in [4.69, 9.17) is 15.3 Å². The summed E-state index contributed by atoms with van der Waals surface area (Å²) in [5.74, 6) is -1.53. The number of carbonyl (C=O) groups is 2. The van der Waals surface area contributed by atoms with Gasteiger partial charge in [-0.15, -0.1) is 0 Å². The van der Waals surface area contributed by atoms with E-state index in [2.05, 4.69) is 0 Å². The number of carboxylic acid groups (broad SMARTS) is 1. The van der Waals surface area contributed by atoms with Gasteiger partial charge >= 0.3 is 5.97 Å². The van der Waals surface area contributed by atoms with Gasteiger partial charge in [0.15, 0.2) is 6.10 Å². The second-order valence-electron chi connectivity index (χ2n) is 1.79. The lowest BCUT2D eigenvalue weighted by Gasteiger charge is -2.07. The van der Waals surface area contributed by atoms with Crippen molar-refractivity contribution >= 4 is 12.3 Å². The lowest BCUT2D eigenvalue weighted by atomic mass is 10.2. The van der Waals surface area contributed by atoms with Crippen LogP contribution in [0.5, 0.6) is 0 Å². The number of hydrogen-bond acceptors (Lipinski definition) is 4. The Kier molecular flexibility index (Phi) is 4.09. The van der Waals surface area contributed by atoms with E-state index in [1.165, 1.54) is 0 Å². The summed E-state index contributed by atoms with van der Waals surface area (Å²) < 4.78 is 0. The largest absolute Gasteiger partial charge is 0.479 e. The zero-order chi connectivity index (χ0) is 8.85. The maximum atomic E-state index is 9.97. The molecular weight excluding hydrogens is 152 g/mol. The quantitative estimate of drug-likeness (QED) is 0.345. The van der Waals surface area contributed by atoms with Gasteiger partial charge in [0.1, 0.15) is 12.4 Å². The standard InChI is InChI=1S/C6H8O5/c7-3-1-2-4(8)5(9)6(10)11/h1-5,8-9H,(H,10,11). The number of allylic oxidation sites excluding steroid dienone is 1. The summed E-state index contributed by atoms with van der Waals surface area (Å²) >= 11 is 0. The number of aliphatic hydroxyl groups is 2. The molecule has 0 aliphatic carbocycles. The van der Waals surface area contributed by atoms with Crippen molar-refractivity contribution in [2.75, 3.05) is 0 Å². The van der Waals surface area contributed by atoms with Crippen LogP contribution in [0.4, 0.5) is 0 Å². The summed E-state index contributed by atoms with van der Waals surface area (Å²) in [6.07, 6.45) is -1.25. The molecule has 0 aliphatic heterocycles. The van der Waals surface area contributed by atoms with Gasteiger partial charge in [-0.05, 0) is 12.2 Å². The molecule has 2 atom stereocenters. The zero-order valence-electron chi connectivity index (χ0n) is 5.54. The predicted molar refractivity (Wildman–Crippen MR) is 34.9 cm³/mol. The summed E-state index contributed by atoms with van der Waals surface area (Å²) in [7, 11) is 0. The molecule has 0 aromatic carbocycles. The van der Waals surface area contributed by atoms with Gasteiger partial charge in [0.05, 0.1) is 0 Å². The van der Waals surface area contributed by atoms with Crippen LogP contribution >= 0.6 is 0 Å². The smallest absolute Gasteiger partial charge is 0.335 e. The number of aliphatic hydroxyl groups excluding tert-OH is 2. The molecule has 62 valence electrons. The van der Waals surface area contributed by atoms with Crippen LogP contribution in [-0.2, 0) is 9.59 Å². The van der Waals surface area contributed by atoms with Gasteiger partial charge in [-0.25, -0.2) is 4.79 Å². The lowest BCUT2D eigenvalue weighted by molar-refractivity contribution is -0.150. The summed E-state index contributed by atoms with van der Waals surface area (Å²) in [6.45, 7) is 0. The molecule has 0 aromatic heterocycles. The summed E-state index contributed by atoms with van der Waals surface area (Å²) in [5.41, 5.74) is 0. The van der Waals surface area contributed by atoms with Crippen LogP contribution < -0.4 is 0 Å². The molecular formula is C6H8O5. The highest BCUT2D eigenvalue weighted by Gasteiger charge is 2.20. The molecule has 0 saturated carbocycles. The third kappa shape index (κ3) is 3.49. The summed E-state index contributed by atoms with van der Waals surface area (Å²) in [6, 6.07) is 0. The first-order chi connectivity index (χ1) is 5.09. The maximum Gasteiger partial charge on any atom is 0.335 e. The van der Waals surface area contributed by atoms with Crippen LogP contribution in [0.15, 0.2) is 12.2 Å². The molecule has 5 nitrogen and oxygen atoms in total. The molecule has 0 radical (unpaired) electrons. The second kappa shape index (κ2) is 4.59. The Bertz CT molecular complexity index is 174. The van der Waals surface area contributed by atoms with E-state index in [0.717, 1.165) is 12.2 Å². The molecule has 0 aromatic rings. The molecule has 2 unspecified atom stereocenters. The molecule has 0 amide bonds. The average Bonchev–Trinajstić information content (AvgIpc) is 1.98.